The molecular formula is C29H39N3O7. The second-order valence-electron chi connectivity index (χ2n) is 11.0. The van der Waals surface area contributed by atoms with Gasteiger partial charge >= 0.3 is 5.97 Å². The molecular weight excluding hydrogens is 502 g/mol. The van der Waals surface area contributed by atoms with E-state index in [1.807, 2.05) is 13.8 Å². The van der Waals surface area contributed by atoms with Crippen LogP contribution in [0.5, 0.6) is 0 Å². The number of aliphatic hydroxyl groups excluding tert-OH is 1. The van der Waals surface area contributed by atoms with Crippen molar-refractivity contribution in [2.45, 2.75) is 95.2 Å². The molecule has 3 heterocycles. The fourth-order valence-corrected chi connectivity index (χ4v) is 5.38. The Bertz CT molecular complexity index is 1130. The molecule has 1 aliphatic heterocycles. The average molecular weight is 542 g/mol. The number of ether oxygens (including phenoxy) is 1. The van der Waals surface area contributed by atoms with E-state index < -0.39 is 11.1 Å². The van der Waals surface area contributed by atoms with Crippen molar-refractivity contribution in [3.05, 3.63) is 48.3 Å². The van der Waals surface area contributed by atoms with Gasteiger partial charge < -0.3 is 29.3 Å². The van der Waals surface area contributed by atoms with Crippen molar-refractivity contribution in [3.63, 3.8) is 0 Å². The van der Waals surface area contributed by atoms with Crippen LogP contribution in [-0.4, -0.2) is 52.5 Å². The summed E-state index contributed by atoms with van der Waals surface area (Å²) in [5.41, 5.74) is -1.54. The summed E-state index contributed by atoms with van der Waals surface area (Å²) >= 11 is 0. The summed E-state index contributed by atoms with van der Waals surface area (Å²) in [7, 11) is 0. The van der Waals surface area contributed by atoms with E-state index in [0.717, 1.165) is 44.9 Å². The number of carbonyl (C=O) groups is 3. The standard InChI is InChI=1S/C17H26N2O4.C12H13NO3/c1-12(2)13(11-20)18-16(22)17(8-4-3-5-9-17)19-15(21)14-7-6-10-23-14;14-11-12(6-2-1-3-7-12)13-10(16-11)9-5-4-8-15-9/h6-7,10,12-13,20H,3-5,8-9,11H2,1-2H3,(H,18,22)(H,19,21);4-5,8H,1-3,6-7H2/t13-;/m1./s1. The number of carbonyl (C=O) groups excluding carboxylic acids is 3. The molecule has 212 valence electrons. The van der Waals surface area contributed by atoms with Crippen LogP contribution in [0, 0.1) is 5.92 Å². The lowest BCUT2D eigenvalue weighted by Gasteiger charge is -2.37. The molecule has 0 bridgehead atoms. The molecule has 2 aliphatic carbocycles. The van der Waals surface area contributed by atoms with Gasteiger partial charge in [-0.15, -0.1) is 0 Å². The maximum Gasteiger partial charge on any atom is 0.341 e. The number of amides is 2. The van der Waals surface area contributed by atoms with Crippen molar-refractivity contribution < 1.29 is 33.1 Å². The van der Waals surface area contributed by atoms with Crippen molar-refractivity contribution in [1.82, 2.24) is 10.6 Å². The second-order valence-corrected chi connectivity index (χ2v) is 11.0. The van der Waals surface area contributed by atoms with E-state index in [1.165, 1.54) is 12.7 Å². The maximum atomic E-state index is 12.8. The van der Waals surface area contributed by atoms with Gasteiger partial charge in [-0.1, -0.05) is 52.4 Å². The van der Waals surface area contributed by atoms with Gasteiger partial charge in [0.1, 0.15) is 5.54 Å². The molecule has 2 amide bonds. The lowest BCUT2D eigenvalue weighted by molar-refractivity contribution is -0.140. The van der Waals surface area contributed by atoms with Gasteiger partial charge in [0.15, 0.2) is 17.1 Å². The van der Waals surface area contributed by atoms with Crippen LogP contribution in [0.1, 0.15) is 94.4 Å². The number of nitrogens with zero attached hydrogens (tertiary/aromatic N) is 1. The van der Waals surface area contributed by atoms with Crippen LogP contribution < -0.4 is 10.6 Å². The third-order valence-electron chi connectivity index (χ3n) is 7.86. The molecule has 0 radical (unpaired) electrons. The van der Waals surface area contributed by atoms with Crippen LogP contribution in [0.3, 0.4) is 0 Å². The summed E-state index contributed by atoms with van der Waals surface area (Å²) in [5.74, 6) is 0.393. The van der Waals surface area contributed by atoms with Crippen molar-refractivity contribution in [2.24, 2.45) is 10.9 Å². The Kier molecular flexibility index (Phi) is 9.27. The van der Waals surface area contributed by atoms with Gasteiger partial charge in [0.05, 0.1) is 25.2 Å². The van der Waals surface area contributed by atoms with E-state index in [9.17, 15) is 19.5 Å². The van der Waals surface area contributed by atoms with E-state index in [2.05, 4.69) is 15.6 Å². The first-order valence-corrected chi connectivity index (χ1v) is 13.9. The third-order valence-corrected chi connectivity index (χ3v) is 7.86. The van der Waals surface area contributed by atoms with Gasteiger partial charge in [-0.05, 0) is 55.9 Å². The largest absolute Gasteiger partial charge is 0.459 e. The molecule has 2 saturated carbocycles. The molecule has 1 spiro atoms. The van der Waals surface area contributed by atoms with Crippen molar-refractivity contribution in [2.75, 3.05) is 6.61 Å². The number of aliphatic imine (C=N–C) groups is 1. The molecule has 0 unspecified atom stereocenters. The van der Waals surface area contributed by atoms with Crippen molar-refractivity contribution in [1.29, 1.82) is 0 Å². The van der Waals surface area contributed by atoms with Crippen LogP contribution >= 0.6 is 0 Å². The first-order chi connectivity index (χ1) is 18.8. The number of esters is 1. The Morgan fingerprint density at radius 3 is 2.18 bits per heavy atom. The minimum atomic E-state index is -0.926. The minimum Gasteiger partial charge on any atom is -0.459 e. The zero-order valence-corrected chi connectivity index (χ0v) is 22.7. The van der Waals surface area contributed by atoms with Gasteiger partial charge in [-0.3, -0.25) is 9.59 Å². The number of hydrogen-bond acceptors (Lipinski definition) is 8. The van der Waals surface area contributed by atoms with Crippen LogP contribution in [0.4, 0.5) is 0 Å². The van der Waals surface area contributed by atoms with Crippen molar-refractivity contribution in [3.8, 4) is 0 Å². The van der Waals surface area contributed by atoms with Crippen molar-refractivity contribution >= 4 is 23.7 Å². The van der Waals surface area contributed by atoms with Crippen LogP contribution in [-0.2, 0) is 14.3 Å². The van der Waals surface area contributed by atoms with Gasteiger partial charge in [0, 0.05) is 0 Å². The number of nitrogens with one attached hydrogen (secondary N) is 2. The molecule has 0 saturated heterocycles. The number of cyclic esters (lactones) is 1. The molecule has 5 rings (SSSR count). The molecule has 1 atom stereocenters. The lowest BCUT2D eigenvalue weighted by Crippen LogP contribution is -2.62. The Labute approximate surface area is 228 Å². The molecule has 0 aromatic carbocycles. The van der Waals surface area contributed by atoms with E-state index in [1.54, 1.807) is 30.5 Å². The molecule has 2 aromatic rings. The summed E-state index contributed by atoms with van der Waals surface area (Å²) in [6.45, 7) is 3.76. The molecule has 2 fully saturated rings. The fourth-order valence-electron chi connectivity index (χ4n) is 5.38. The fraction of sp³-hybridized carbons (Fsp3) is 0.586. The van der Waals surface area contributed by atoms with Gasteiger partial charge in [-0.25, -0.2) is 9.79 Å². The van der Waals surface area contributed by atoms with E-state index in [0.29, 0.717) is 24.5 Å². The summed E-state index contributed by atoms with van der Waals surface area (Å²) in [6.07, 6.45) is 11.9. The van der Waals surface area contributed by atoms with Crippen LogP contribution in [0.25, 0.3) is 0 Å². The third kappa shape index (κ3) is 6.61. The first kappa shape index (κ1) is 28.6. The van der Waals surface area contributed by atoms with E-state index >= 15 is 0 Å². The first-order valence-electron chi connectivity index (χ1n) is 13.9. The quantitative estimate of drug-likeness (QED) is 0.447. The SMILES string of the molecule is CC(C)[C@@H](CO)NC(=O)C1(NC(=O)c2ccco2)CCCCC1.O=C1OC(c2ccco2)=NC12CCCCC2. The smallest absolute Gasteiger partial charge is 0.341 e. The summed E-state index contributed by atoms with van der Waals surface area (Å²) in [6, 6.07) is 6.42. The highest BCUT2D eigenvalue weighted by molar-refractivity contribution is 6.06. The molecule has 2 aromatic heterocycles. The molecule has 10 heteroatoms. The zero-order valence-electron chi connectivity index (χ0n) is 22.7. The highest BCUT2D eigenvalue weighted by Gasteiger charge is 2.47. The van der Waals surface area contributed by atoms with Gasteiger partial charge in [0.25, 0.3) is 11.8 Å². The number of hydrogen-bond donors (Lipinski definition) is 3. The molecule has 39 heavy (non-hydrogen) atoms. The summed E-state index contributed by atoms with van der Waals surface area (Å²) in [5, 5.41) is 15.2. The highest BCUT2D eigenvalue weighted by Crippen LogP contribution is 2.37. The van der Waals surface area contributed by atoms with Gasteiger partial charge in [-0.2, -0.15) is 0 Å². The Balaban J connectivity index is 0.000000192. The number of furan rings is 2. The van der Waals surface area contributed by atoms with E-state index in [4.69, 9.17) is 13.6 Å². The summed E-state index contributed by atoms with van der Waals surface area (Å²) in [4.78, 5) is 41.5. The zero-order chi connectivity index (χ0) is 27.9. The number of rotatable bonds is 7. The summed E-state index contributed by atoms with van der Waals surface area (Å²) < 4.78 is 15.5. The normalized spacial score (nSPS) is 20.4. The highest BCUT2D eigenvalue weighted by atomic mass is 16.6. The lowest BCUT2D eigenvalue weighted by atomic mass is 9.80. The topological polar surface area (TPSA) is 143 Å². The Hall–Kier alpha value is -3.40. The van der Waals surface area contributed by atoms with Crippen LogP contribution in [0.2, 0.25) is 0 Å². The molecule has 10 nitrogen and oxygen atoms in total. The monoisotopic (exact) mass is 541 g/mol. The average Bonchev–Trinajstić information content (AvgIpc) is 3.72. The van der Waals surface area contributed by atoms with E-state index in [-0.39, 0.29) is 42.1 Å². The maximum absolute atomic E-state index is 12.8. The minimum absolute atomic E-state index is 0.116. The predicted octanol–water partition coefficient (Wildman–Crippen LogP) is 4.13. The van der Waals surface area contributed by atoms with Gasteiger partial charge in [0.2, 0.25) is 5.91 Å². The Morgan fingerprint density at radius 2 is 1.62 bits per heavy atom. The Morgan fingerprint density at radius 1 is 0.974 bits per heavy atom. The molecule has 3 aliphatic rings. The van der Waals surface area contributed by atoms with Crippen LogP contribution in [0.15, 0.2) is 50.6 Å². The predicted molar refractivity (Wildman–Crippen MR) is 143 cm³/mol. The second kappa shape index (κ2) is 12.6. The number of aliphatic hydroxyl groups is 1. The molecule has 3 N–H and O–H groups in total.